The maximum Gasteiger partial charge on any atom is 0.311 e. The second-order valence-electron chi connectivity index (χ2n) is 5.50. The van der Waals surface area contributed by atoms with Crippen molar-refractivity contribution in [2.45, 2.75) is 24.8 Å². The van der Waals surface area contributed by atoms with Crippen LogP contribution in [0.25, 0.3) is 0 Å². The normalized spacial score (nSPS) is 25.8. The minimum absolute atomic E-state index is 0.133. The number of rotatable bonds is 2. The Hall–Kier alpha value is -2.04. The molecule has 0 radical (unpaired) electrons. The number of para-hydroxylation sites is 1. The molecule has 1 amide bonds. The molecule has 5 nitrogen and oxygen atoms in total. The summed E-state index contributed by atoms with van der Waals surface area (Å²) in [6.07, 6.45) is 1.36. The van der Waals surface area contributed by atoms with Gasteiger partial charge in [0.2, 0.25) is 5.91 Å². The van der Waals surface area contributed by atoms with Crippen molar-refractivity contribution in [1.82, 2.24) is 4.90 Å². The number of carbonyl (C=O) groups excluding carboxylic acids is 1. The van der Waals surface area contributed by atoms with E-state index in [4.69, 9.17) is 0 Å². The smallest absolute Gasteiger partial charge is 0.311 e. The summed E-state index contributed by atoms with van der Waals surface area (Å²) in [7, 11) is 1.82. The van der Waals surface area contributed by atoms with Gasteiger partial charge in [0.1, 0.15) is 6.04 Å². The van der Waals surface area contributed by atoms with E-state index in [0.29, 0.717) is 13.0 Å². The highest BCUT2D eigenvalue weighted by atomic mass is 16.4. The zero-order chi connectivity index (χ0) is 14.3. The summed E-state index contributed by atoms with van der Waals surface area (Å²) in [6, 6.07) is 7.41. The molecule has 5 heteroatoms. The largest absolute Gasteiger partial charge is 0.481 e. The Morgan fingerprint density at radius 2 is 2.00 bits per heavy atom. The van der Waals surface area contributed by atoms with Crippen LogP contribution in [0.2, 0.25) is 0 Å². The van der Waals surface area contributed by atoms with E-state index in [1.54, 1.807) is 4.90 Å². The predicted octanol–water partition coefficient (Wildman–Crippen LogP) is 1.30. The van der Waals surface area contributed by atoms with E-state index < -0.39 is 11.9 Å². The molecule has 1 N–H and O–H groups in total. The van der Waals surface area contributed by atoms with Crippen LogP contribution in [0, 0.1) is 0 Å². The van der Waals surface area contributed by atoms with E-state index >= 15 is 0 Å². The summed E-state index contributed by atoms with van der Waals surface area (Å²) in [5, 5.41) is 9.34. The lowest BCUT2D eigenvalue weighted by molar-refractivity contribution is -0.139. The molecular weight excluding hydrogens is 256 g/mol. The SMILES string of the molecule is CN1CCC(N2CCC(C(=O)O)c3ccccc32)C1=O. The number of likely N-dealkylation sites (tertiary alicyclic amines) is 1. The summed E-state index contributed by atoms with van der Waals surface area (Å²) in [4.78, 5) is 27.4. The fourth-order valence-corrected chi connectivity index (χ4v) is 3.26. The van der Waals surface area contributed by atoms with Gasteiger partial charge in [0.05, 0.1) is 5.92 Å². The first kappa shape index (κ1) is 13.0. The molecule has 0 saturated carbocycles. The number of hydrogen-bond donors (Lipinski definition) is 1. The van der Waals surface area contributed by atoms with Crippen molar-refractivity contribution < 1.29 is 14.7 Å². The molecule has 1 aromatic carbocycles. The number of carbonyl (C=O) groups is 2. The number of carboxylic acids is 1. The molecule has 0 aromatic heterocycles. The Labute approximate surface area is 117 Å². The van der Waals surface area contributed by atoms with Gasteiger partial charge >= 0.3 is 5.97 Å². The fraction of sp³-hybridized carbons (Fsp3) is 0.467. The summed E-state index contributed by atoms with van der Waals surface area (Å²) in [5.41, 5.74) is 1.73. The third-order valence-electron chi connectivity index (χ3n) is 4.35. The lowest BCUT2D eigenvalue weighted by atomic mass is 9.89. The maximum absolute atomic E-state index is 12.2. The zero-order valence-corrected chi connectivity index (χ0v) is 11.5. The highest BCUT2D eigenvalue weighted by molar-refractivity contribution is 5.89. The topological polar surface area (TPSA) is 60.9 Å². The average Bonchev–Trinajstić information content (AvgIpc) is 2.77. The van der Waals surface area contributed by atoms with E-state index in [1.807, 2.05) is 31.3 Å². The molecule has 1 aromatic rings. The minimum Gasteiger partial charge on any atom is -0.481 e. The molecule has 2 unspecified atom stereocenters. The average molecular weight is 274 g/mol. The Kier molecular flexibility index (Phi) is 3.12. The van der Waals surface area contributed by atoms with Crippen molar-refractivity contribution in [3.8, 4) is 0 Å². The van der Waals surface area contributed by atoms with Crippen molar-refractivity contribution in [1.29, 1.82) is 0 Å². The first-order chi connectivity index (χ1) is 9.59. The molecule has 0 bridgehead atoms. The second-order valence-corrected chi connectivity index (χ2v) is 5.50. The first-order valence-electron chi connectivity index (χ1n) is 6.93. The Bertz CT molecular complexity index is 558. The number of benzene rings is 1. The van der Waals surface area contributed by atoms with Crippen LogP contribution in [0.1, 0.15) is 24.3 Å². The third kappa shape index (κ3) is 1.94. The Morgan fingerprint density at radius 3 is 2.65 bits per heavy atom. The van der Waals surface area contributed by atoms with Gasteiger partial charge in [0, 0.05) is 25.8 Å². The van der Waals surface area contributed by atoms with Crippen molar-refractivity contribution in [3.05, 3.63) is 29.8 Å². The van der Waals surface area contributed by atoms with Crippen LogP contribution in [0.5, 0.6) is 0 Å². The molecule has 2 aliphatic rings. The third-order valence-corrected chi connectivity index (χ3v) is 4.35. The minimum atomic E-state index is -0.785. The van der Waals surface area contributed by atoms with Crippen LogP contribution in [0.15, 0.2) is 24.3 Å². The number of aliphatic carboxylic acids is 1. The highest BCUT2D eigenvalue weighted by Crippen LogP contribution is 2.37. The number of hydrogen-bond acceptors (Lipinski definition) is 3. The summed E-state index contributed by atoms with van der Waals surface area (Å²) in [5.74, 6) is -1.11. The lowest BCUT2D eigenvalue weighted by Gasteiger charge is -2.37. The molecule has 2 heterocycles. The van der Waals surface area contributed by atoms with E-state index in [2.05, 4.69) is 4.90 Å². The van der Waals surface area contributed by atoms with Crippen LogP contribution < -0.4 is 4.90 Å². The van der Waals surface area contributed by atoms with Crippen molar-refractivity contribution >= 4 is 17.6 Å². The van der Waals surface area contributed by atoms with Gasteiger partial charge in [-0.1, -0.05) is 18.2 Å². The standard InChI is InChI=1S/C15H18N2O3/c1-16-8-7-13(14(16)18)17-9-6-11(15(19)20)10-4-2-3-5-12(10)17/h2-5,11,13H,6-9H2,1H3,(H,19,20). The number of amides is 1. The molecule has 0 aliphatic carbocycles. The van der Waals surface area contributed by atoms with Gasteiger partial charge in [-0.25, -0.2) is 0 Å². The molecule has 3 rings (SSSR count). The molecule has 2 aliphatic heterocycles. The monoisotopic (exact) mass is 274 g/mol. The highest BCUT2D eigenvalue weighted by Gasteiger charge is 2.38. The lowest BCUT2D eigenvalue weighted by Crippen LogP contribution is -2.45. The number of likely N-dealkylation sites (N-methyl/N-ethyl adjacent to an activating group) is 1. The van der Waals surface area contributed by atoms with Crippen LogP contribution in [-0.4, -0.2) is 48.1 Å². The first-order valence-corrected chi connectivity index (χ1v) is 6.93. The number of nitrogens with zero attached hydrogens (tertiary/aromatic N) is 2. The van der Waals surface area contributed by atoms with Crippen LogP contribution in [-0.2, 0) is 9.59 Å². The van der Waals surface area contributed by atoms with Crippen LogP contribution >= 0.6 is 0 Å². The van der Waals surface area contributed by atoms with E-state index in [1.165, 1.54) is 0 Å². The molecule has 1 fully saturated rings. The summed E-state index contributed by atoms with van der Waals surface area (Å²) >= 11 is 0. The van der Waals surface area contributed by atoms with Gasteiger partial charge in [-0.2, -0.15) is 0 Å². The van der Waals surface area contributed by atoms with E-state index in [-0.39, 0.29) is 11.9 Å². The number of fused-ring (bicyclic) bond motifs is 1. The molecule has 106 valence electrons. The molecule has 0 spiro atoms. The molecule has 2 atom stereocenters. The van der Waals surface area contributed by atoms with Crippen LogP contribution in [0.3, 0.4) is 0 Å². The van der Waals surface area contributed by atoms with Gasteiger partial charge in [-0.05, 0) is 24.5 Å². The van der Waals surface area contributed by atoms with Gasteiger partial charge < -0.3 is 14.9 Å². The van der Waals surface area contributed by atoms with E-state index in [0.717, 1.165) is 24.2 Å². The van der Waals surface area contributed by atoms with Crippen molar-refractivity contribution in [3.63, 3.8) is 0 Å². The number of carboxylic acid groups (broad SMARTS) is 1. The van der Waals surface area contributed by atoms with Crippen LogP contribution in [0.4, 0.5) is 5.69 Å². The summed E-state index contributed by atoms with van der Waals surface area (Å²) < 4.78 is 0. The molecule has 1 saturated heterocycles. The van der Waals surface area contributed by atoms with Gasteiger partial charge in [-0.15, -0.1) is 0 Å². The van der Waals surface area contributed by atoms with Crippen molar-refractivity contribution in [2.24, 2.45) is 0 Å². The fourth-order valence-electron chi connectivity index (χ4n) is 3.26. The molecule has 20 heavy (non-hydrogen) atoms. The van der Waals surface area contributed by atoms with E-state index in [9.17, 15) is 14.7 Å². The zero-order valence-electron chi connectivity index (χ0n) is 11.5. The van der Waals surface area contributed by atoms with Gasteiger partial charge in [-0.3, -0.25) is 9.59 Å². The van der Waals surface area contributed by atoms with Gasteiger partial charge in [0.15, 0.2) is 0 Å². The maximum atomic E-state index is 12.2. The summed E-state index contributed by atoms with van der Waals surface area (Å²) in [6.45, 7) is 1.39. The number of anilines is 1. The van der Waals surface area contributed by atoms with Crippen molar-refractivity contribution in [2.75, 3.05) is 25.0 Å². The Morgan fingerprint density at radius 1 is 1.25 bits per heavy atom. The predicted molar refractivity (Wildman–Crippen MR) is 74.8 cm³/mol. The van der Waals surface area contributed by atoms with Gasteiger partial charge in [0.25, 0.3) is 0 Å². The molecular formula is C15H18N2O3. The Balaban J connectivity index is 1.97. The quantitative estimate of drug-likeness (QED) is 0.883. The second kappa shape index (κ2) is 4.81.